The molecule has 0 amide bonds. The van der Waals surface area contributed by atoms with Crippen molar-refractivity contribution in [2.75, 3.05) is 18.2 Å². The first-order valence-corrected chi connectivity index (χ1v) is 6.54. The molecule has 0 saturated heterocycles. The number of anilines is 3. The van der Waals surface area contributed by atoms with Gasteiger partial charge in [0.1, 0.15) is 5.75 Å². The molecular weight excluding hydrogens is 324 g/mol. The maximum Gasteiger partial charge on any atom is 0.337 e. The van der Waals surface area contributed by atoms with Crippen LogP contribution in [0.5, 0.6) is 5.75 Å². The van der Waals surface area contributed by atoms with Gasteiger partial charge in [0, 0.05) is 23.1 Å². The molecule has 0 unspecified atom stereocenters. The zero-order valence-corrected chi connectivity index (χ0v) is 12.3. The number of methoxy groups -OCH3 is 1. The van der Waals surface area contributed by atoms with Gasteiger partial charge in [0.15, 0.2) is 0 Å². The van der Waals surface area contributed by atoms with Crippen LogP contribution in [0.1, 0.15) is 10.4 Å². The number of carboxylic acids is 1. The van der Waals surface area contributed by atoms with Gasteiger partial charge in [0.25, 0.3) is 0 Å². The second-order valence-electron chi connectivity index (χ2n) is 4.08. The van der Waals surface area contributed by atoms with E-state index in [4.69, 9.17) is 15.6 Å². The molecule has 6 heteroatoms. The Morgan fingerprint density at radius 2 is 1.90 bits per heavy atom. The average Bonchev–Trinajstić information content (AvgIpc) is 2.42. The van der Waals surface area contributed by atoms with Crippen LogP contribution in [0.2, 0.25) is 0 Å². The Morgan fingerprint density at radius 1 is 1.25 bits per heavy atom. The van der Waals surface area contributed by atoms with E-state index in [1.807, 2.05) is 12.1 Å². The summed E-state index contributed by atoms with van der Waals surface area (Å²) >= 11 is 3.37. The van der Waals surface area contributed by atoms with Gasteiger partial charge in [0.2, 0.25) is 0 Å². The molecular formula is C14H13BrN2O3. The van der Waals surface area contributed by atoms with Gasteiger partial charge in [-0.15, -0.1) is 0 Å². The van der Waals surface area contributed by atoms with E-state index in [-0.39, 0.29) is 11.3 Å². The van der Waals surface area contributed by atoms with E-state index in [0.717, 1.165) is 10.2 Å². The van der Waals surface area contributed by atoms with Crippen LogP contribution in [0.15, 0.2) is 40.9 Å². The summed E-state index contributed by atoms with van der Waals surface area (Å²) < 4.78 is 6.05. The van der Waals surface area contributed by atoms with Crippen molar-refractivity contribution in [3.63, 3.8) is 0 Å². The number of nitrogens with one attached hydrogen (secondary N) is 1. The summed E-state index contributed by atoms with van der Waals surface area (Å²) in [6, 6.07) is 10.3. The van der Waals surface area contributed by atoms with E-state index < -0.39 is 5.97 Å². The Morgan fingerprint density at radius 3 is 2.55 bits per heavy atom. The molecule has 0 heterocycles. The van der Waals surface area contributed by atoms with Crippen LogP contribution in [0.25, 0.3) is 0 Å². The number of hydrogen-bond donors (Lipinski definition) is 3. The number of ether oxygens (including phenoxy) is 1. The van der Waals surface area contributed by atoms with Gasteiger partial charge in [-0.1, -0.05) is 0 Å². The molecule has 0 spiro atoms. The maximum atomic E-state index is 11.0. The van der Waals surface area contributed by atoms with Crippen LogP contribution >= 0.6 is 15.9 Å². The summed E-state index contributed by atoms with van der Waals surface area (Å²) in [6.07, 6.45) is 0. The van der Waals surface area contributed by atoms with Crippen LogP contribution in [0.3, 0.4) is 0 Å². The fraction of sp³-hybridized carbons (Fsp3) is 0.0714. The summed E-state index contributed by atoms with van der Waals surface area (Å²) in [5.74, 6) is -0.372. The van der Waals surface area contributed by atoms with Crippen molar-refractivity contribution in [2.24, 2.45) is 0 Å². The Labute approximate surface area is 124 Å². The number of carbonyl (C=O) groups is 1. The van der Waals surface area contributed by atoms with Gasteiger partial charge < -0.3 is 20.9 Å². The molecule has 0 atom stereocenters. The highest BCUT2D eigenvalue weighted by Crippen LogP contribution is 2.30. The van der Waals surface area contributed by atoms with Gasteiger partial charge in [-0.25, -0.2) is 4.79 Å². The smallest absolute Gasteiger partial charge is 0.337 e. The summed E-state index contributed by atoms with van der Waals surface area (Å²) in [5, 5.41) is 12.1. The fourth-order valence-corrected chi connectivity index (χ4v) is 2.13. The predicted octanol–water partition coefficient (Wildman–Crippen LogP) is 3.48. The number of halogens is 1. The van der Waals surface area contributed by atoms with Gasteiger partial charge in [0.05, 0.1) is 17.1 Å². The lowest BCUT2D eigenvalue weighted by molar-refractivity contribution is 0.0698. The second kappa shape index (κ2) is 5.83. The van der Waals surface area contributed by atoms with Gasteiger partial charge in [-0.2, -0.15) is 0 Å². The molecule has 0 aromatic heterocycles. The summed E-state index contributed by atoms with van der Waals surface area (Å²) in [5.41, 5.74) is 7.34. The lowest BCUT2D eigenvalue weighted by Crippen LogP contribution is -2.03. The van der Waals surface area contributed by atoms with Gasteiger partial charge in [-0.05, 0) is 46.3 Å². The minimum atomic E-state index is -1.06. The zero-order chi connectivity index (χ0) is 14.7. The largest absolute Gasteiger partial charge is 0.495 e. The second-order valence-corrected chi connectivity index (χ2v) is 4.94. The third-order valence-electron chi connectivity index (χ3n) is 2.72. The summed E-state index contributed by atoms with van der Waals surface area (Å²) in [6.45, 7) is 0. The van der Waals surface area contributed by atoms with E-state index in [1.54, 1.807) is 25.3 Å². The highest BCUT2D eigenvalue weighted by Gasteiger charge is 2.09. The molecule has 0 aliphatic carbocycles. The standard InChI is InChI=1S/C14H13BrN2O3/c1-20-13-7-9(2-4-11(13)15)17-8-3-5-12(16)10(6-8)14(18)19/h2-7,17H,16H2,1H3,(H,18,19). The SMILES string of the molecule is COc1cc(Nc2ccc(N)c(C(=O)O)c2)ccc1Br. The maximum absolute atomic E-state index is 11.0. The van der Waals surface area contributed by atoms with Crippen molar-refractivity contribution in [1.82, 2.24) is 0 Å². The topological polar surface area (TPSA) is 84.6 Å². The summed E-state index contributed by atoms with van der Waals surface area (Å²) in [4.78, 5) is 11.0. The highest BCUT2D eigenvalue weighted by molar-refractivity contribution is 9.10. The first kappa shape index (κ1) is 14.2. The van der Waals surface area contributed by atoms with E-state index in [9.17, 15) is 4.79 Å². The number of hydrogen-bond acceptors (Lipinski definition) is 4. The quantitative estimate of drug-likeness (QED) is 0.744. The third-order valence-corrected chi connectivity index (χ3v) is 3.38. The summed E-state index contributed by atoms with van der Waals surface area (Å²) in [7, 11) is 1.58. The van der Waals surface area contributed by atoms with Gasteiger partial charge in [-0.3, -0.25) is 0 Å². The number of benzene rings is 2. The molecule has 4 N–H and O–H groups in total. The van der Waals surface area contributed by atoms with Crippen molar-refractivity contribution in [3.05, 3.63) is 46.4 Å². The van der Waals surface area contributed by atoms with Gasteiger partial charge >= 0.3 is 5.97 Å². The molecule has 0 bridgehead atoms. The fourth-order valence-electron chi connectivity index (χ4n) is 1.72. The molecule has 5 nitrogen and oxygen atoms in total. The van der Waals surface area contributed by atoms with E-state index >= 15 is 0 Å². The van der Waals surface area contributed by atoms with Crippen LogP contribution in [0.4, 0.5) is 17.1 Å². The molecule has 2 rings (SSSR count). The molecule has 104 valence electrons. The monoisotopic (exact) mass is 336 g/mol. The van der Waals surface area contributed by atoms with E-state index in [2.05, 4.69) is 21.2 Å². The first-order valence-electron chi connectivity index (χ1n) is 5.74. The lowest BCUT2D eigenvalue weighted by atomic mass is 10.1. The van der Waals surface area contributed by atoms with Crippen molar-refractivity contribution >= 4 is 39.0 Å². The van der Waals surface area contributed by atoms with Crippen molar-refractivity contribution in [3.8, 4) is 5.75 Å². The Kier molecular flexibility index (Phi) is 4.14. The van der Waals surface area contributed by atoms with Crippen LogP contribution in [0, 0.1) is 0 Å². The predicted molar refractivity (Wildman–Crippen MR) is 81.8 cm³/mol. The molecule has 0 aliphatic rings. The van der Waals surface area contributed by atoms with Crippen LogP contribution < -0.4 is 15.8 Å². The normalized spacial score (nSPS) is 10.1. The molecule has 2 aromatic rings. The number of rotatable bonds is 4. The number of carboxylic acid groups (broad SMARTS) is 1. The van der Waals surface area contributed by atoms with Crippen LogP contribution in [-0.4, -0.2) is 18.2 Å². The van der Waals surface area contributed by atoms with E-state index in [0.29, 0.717) is 11.4 Å². The molecule has 0 fully saturated rings. The molecule has 20 heavy (non-hydrogen) atoms. The lowest BCUT2D eigenvalue weighted by Gasteiger charge is -2.11. The Bertz CT molecular complexity index is 659. The Hall–Kier alpha value is -2.21. The minimum Gasteiger partial charge on any atom is -0.495 e. The molecule has 0 aliphatic heterocycles. The average molecular weight is 337 g/mol. The number of nitrogens with two attached hydrogens (primary N) is 1. The Balaban J connectivity index is 2.30. The van der Waals surface area contributed by atoms with E-state index in [1.165, 1.54) is 6.07 Å². The highest BCUT2D eigenvalue weighted by atomic mass is 79.9. The van der Waals surface area contributed by atoms with Crippen molar-refractivity contribution in [2.45, 2.75) is 0 Å². The molecule has 0 radical (unpaired) electrons. The van der Waals surface area contributed by atoms with Crippen molar-refractivity contribution < 1.29 is 14.6 Å². The van der Waals surface area contributed by atoms with Crippen molar-refractivity contribution in [1.29, 1.82) is 0 Å². The minimum absolute atomic E-state index is 0.0686. The molecule has 0 saturated carbocycles. The third kappa shape index (κ3) is 3.03. The zero-order valence-electron chi connectivity index (χ0n) is 10.7. The first-order chi connectivity index (χ1) is 9.51. The number of nitrogen functional groups attached to an aromatic ring is 1. The van der Waals surface area contributed by atoms with Crippen LogP contribution in [-0.2, 0) is 0 Å². The number of aromatic carboxylic acids is 1. The molecule has 2 aromatic carbocycles.